The zero-order valence-electron chi connectivity index (χ0n) is 19.3. The predicted octanol–water partition coefficient (Wildman–Crippen LogP) is 8.62. The highest BCUT2D eigenvalue weighted by Crippen LogP contribution is 2.49. The predicted molar refractivity (Wildman–Crippen MR) is 149 cm³/mol. The first-order chi connectivity index (χ1) is 16.0. The fourth-order valence-corrected chi connectivity index (χ4v) is 5.92. The fourth-order valence-electron chi connectivity index (χ4n) is 5.20. The third kappa shape index (κ3) is 3.45. The van der Waals surface area contributed by atoms with Gasteiger partial charge in [-0.1, -0.05) is 58.5 Å². The number of rotatable bonds is 7. The summed E-state index contributed by atoms with van der Waals surface area (Å²) in [6, 6.07) is 13.0. The van der Waals surface area contributed by atoms with Gasteiger partial charge in [0, 0.05) is 54.6 Å². The number of hydrogen-bond acceptors (Lipinski definition) is 2. The Kier molecular flexibility index (Phi) is 6.08. The number of anilines is 1. The van der Waals surface area contributed by atoms with Crippen LogP contribution in [0.15, 0.2) is 45.3 Å². The molecule has 0 atom stereocenters. The highest BCUT2D eigenvalue weighted by molar-refractivity contribution is 9.10. The third-order valence-electron chi connectivity index (χ3n) is 6.69. The molecule has 5 aromatic rings. The van der Waals surface area contributed by atoms with Gasteiger partial charge in [-0.25, -0.2) is 0 Å². The second kappa shape index (κ2) is 8.88. The van der Waals surface area contributed by atoms with Crippen molar-refractivity contribution in [3.05, 3.63) is 45.3 Å². The maximum atomic E-state index is 7.08. The van der Waals surface area contributed by atoms with Crippen LogP contribution in [0, 0.1) is 0 Å². The van der Waals surface area contributed by atoms with E-state index in [1.165, 1.54) is 11.0 Å². The highest BCUT2D eigenvalue weighted by atomic mass is 79.9. The maximum Gasteiger partial charge on any atom is 0.167 e. The molecule has 0 saturated heterocycles. The van der Waals surface area contributed by atoms with Crippen LogP contribution in [0.3, 0.4) is 0 Å². The van der Waals surface area contributed by atoms with Crippen molar-refractivity contribution in [3.8, 4) is 5.75 Å². The number of hydrogen-bond donors (Lipinski definition) is 1. The smallest absolute Gasteiger partial charge is 0.167 e. The summed E-state index contributed by atoms with van der Waals surface area (Å²) in [5.74, 6) is 0.918. The van der Waals surface area contributed by atoms with Crippen LogP contribution in [-0.2, 0) is 13.1 Å². The van der Waals surface area contributed by atoms with Gasteiger partial charge in [-0.05, 0) is 49.2 Å². The fraction of sp³-hybridized carbons (Fsp3) is 0.333. The van der Waals surface area contributed by atoms with E-state index in [9.17, 15) is 0 Å². The van der Waals surface area contributed by atoms with Gasteiger partial charge in [0.05, 0.1) is 23.8 Å². The van der Waals surface area contributed by atoms with Gasteiger partial charge >= 0.3 is 0 Å². The number of aromatic nitrogens is 2. The van der Waals surface area contributed by atoms with Crippen molar-refractivity contribution in [2.75, 3.05) is 12.8 Å². The van der Waals surface area contributed by atoms with Crippen molar-refractivity contribution in [3.63, 3.8) is 0 Å². The average Bonchev–Trinajstić information content (AvgIpc) is 3.29. The van der Waals surface area contributed by atoms with Crippen molar-refractivity contribution in [2.45, 2.75) is 52.6 Å². The summed E-state index contributed by atoms with van der Waals surface area (Å²) in [5.41, 5.74) is 12.5. The summed E-state index contributed by atoms with van der Waals surface area (Å²) in [7, 11) is 1.79. The molecule has 2 heterocycles. The molecule has 33 heavy (non-hydrogen) atoms. The molecule has 6 heteroatoms. The lowest BCUT2D eigenvalue weighted by Gasteiger charge is -2.15. The van der Waals surface area contributed by atoms with E-state index in [-0.39, 0.29) is 0 Å². The van der Waals surface area contributed by atoms with Crippen LogP contribution in [-0.4, -0.2) is 16.2 Å². The van der Waals surface area contributed by atoms with Crippen molar-refractivity contribution in [2.24, 2.45) is 0 Å². The van der Waals surface area contributed by atoms with Gasteiger partial charge in [0.25, 0.3) is 0 Å². The normalized spacial score (nSPS) is 12.0. The van der Waals surface area contributed by atoms with Gasteiger partial charge in [0.15, 0.2) is 5.75 Å². The molecule has 0 amide bonds. The minimum atomic E-state index is 0.831. The topological polar surface area (TPSA) is 45.1 Å². The molecule has 0 aliphatic heterocycles. The van der Waals surface area contributed by atoms with Crippen LogP contribution in [0.1, 0.15) is 39.5 Å². The Bertz CT molecular complexity index is 1400. The molecule has 2 aromatic heterocycles. The van der Waals surface area contributed by atoms with Gasteiger partial charge in [-0.15, -0.1) is 0 Å². The second-order valence-corrected chi connectivity index (χ2v) is 10.6. The molecule has 172 valence electrons. The molecule has 0 fully saturated rings. The van der Waals surface area contributed by atoms with E-state index >= 15 is 0 Å². The number of unbranched alkanes of at least 4 members (excludes halogenated alkanes) is 2. The monoisotopic (exact) mass is 569 g/mol. The van der Waals surface area contributed by atoms with Gasteiger partial charge < -0.3 is 19.6 Å². The molecular weight excluding hydrogens is 542 g/mol. The first-order valence-electron chi connectivity index (χ1n) is 11.7. The van der Waals surface area contributed by atoms with Crippen molar-refractivity contribution in [1.29, 1.82) is 0 Å². The summed E-state index contributed by atoms with van der Waals surface area (Å²) >= 11 is 7.36. The Labute approximate surface area is 210 Å². The van der Waals surface area contributed by atoms with Crippen molar-refractivity contribution < 1.29 is 4.74 Å². The summed E-state index contributed by atoms with van der Waals surface area (Å²) in [6.07, 6.45) is 4.45. The van der Waals surface area contributed by atoms with E-state index in [0.29, 0.717) is 0 Å². The molecule has 0 unspecified atom stereocenters. The van der Waals surface area contributed by atoms with Gasteiger partial charge in [-0.3, -0.25) is 0 Å². The lowest BCUT2D eigenvalue weighted by molar-refractivity contribution is 0.419. The molecule has 0 spiro atoms. The number of halogens is 2. The number of methoxy groups -OCH3 is 1. The lowest BCUT2D eigenvalue weighted by atomic mass is 10.0. The van der Waals surface area contributed by atoms with Gasteiger partial charge in [0.2, 0.25) is 0 Å². The number of nitrogens with two attached hydrogens (primary N) is 1. The minimum absolute atomic E-state index is 0.831. The Morgan fingerprint density at radius 3 is 1.64 bits per heavy atom. The molecule has 0 aliphatic carbocycles. The van der Waals surface area contributed by atoms with Crippen molar-refractivity contribution in [1.82, 2.24) is 9.13 Å². The molecule has 4 nitrogen and oxygen atoms in total. The summed E-state index contributed by atoms with van der Waals surface area (Å²) in [4.78, 5) is 0. The molecule has 0 aliphatic rings. The van der Waals surface area contributed by atoms with Crippen LogP contribution in [0.4, 0.5) is 5.69 Å². The lowest BCUT2D eigenvalue weighted by Crippen LogP contribution is -2.03. The van der Waals surface area contributed by atoms with Crippen molar-refractivity contribution >= 4 is 81.2 Å². The van der Waals surface area contributed by atoms with Gasteiger partial charge in [0.1, 0.15) is 0 Å². The van der Waals surface area contributed by atoms with Crippen LogP contribution in [0.5, 0.6) is 5.75 Å². The first kappa shape index (κ1) is 22.6. The number of benzene rings is 3. The SMILES string of the molecule is CCCCn1c2ccc(Br)cc2c2c(N)c3c4cc(Br)ccc4n(CCCC)c3c(OC)c21. The largest absolute Gasteiger partial charge is 0.492 e. The number of ether oxygens (including phenoxy) is 1. The Hall–Kier alpha value is -2.18. The first-order valence-corrected chi connectivity index (χ1v) is 13.3. The van der Waals surface area contributed by atoms with Crippen LogP contribution in [0.2, 0.25) is 0 Å². The molecular formula is C27H29Br2N3O. The molecule has 2 N–H and O–H groups in total. The molecule has 0 bridgehead atoms. The van der Waals surface area contributed by atoms with Crippen LogP contribution >= 0.6 is 31.9 Å². The maximum absolute atomic E-state index is 7.08. The Balaban J connectivity index is 2.06. The summed E-state index contributed by atoms with van der Waals surface area (Å²) < 4.78 is 13.2. The van der Waals surface area contributed by atoms with Crippen LogP contribution < -0.4 is 10.5 Å². The molecule has 3 aromatic carbocycles. The van der Waals surface area contributed by atoms with E-state index in [2.05, 4.69) is 91.2 Å². The zero-order valence-corrected chi connectivity index (χ0v) is 22.5. The quantitative estimate of drug-likeness (QED) is 0.199. The number of nitrogens with zero attached hydrogens (tertiary/aromatic N) is 2. The highest BCUT2D eigenvalue weighted by Gasteiger charge is 2.26. The average molecular weight is 571 g/mol. The summed E-state index contributed by atoms with van der Waals surface area (Å²) in [6.45, 7) is 6.32. The third-order valence-corrected chi connectivity index (χ3v) is 7.68. The van der Waals surface area contributed by atoms with E-state index in [1.54, 1.807) is 7.11 Å². The Morgan fingerprint density at radius 2 is 1.24 bits per heavy atom. The van der Waals surface area contributed by atoms with E-state index < -0.39 is 0 Å². The molecule has 5 rings (SSSR count). The Morgan fingerprint density at radius 1 is 0.788 bits per heavy atom. The zero-order chi connectivity index (χ0) is 23.3. The summed E-state index contributed by atoms with van der Waals surface area (Å²) in [5, 5.41) is 4.50. The standard InChI is InChI=1S/C27H29Br2N3O/c1-4-6-12-31-20-10-8-16(28)14-18(20)22-24(30)23-19-15-17(29)9-11-21(19)32(13-7-5-2)26(23)27(33-3)25(22)31/h8-11,14-15H,4-7,12-13,30H2,1-3H3. The number of fused-ring (bicyclic) bond motifs is 6. The second-order valence-electron chi connectivity index (χ2n) is 8.73. The number of nitrogen functional groups attached to an aromatic ring is 1. The minimum Gasteiger partial charge on any atom is -0.492 e. The van der Waals surface area contributed by atoms with Crippen LogP contribution in [0.25, 0.3) is 43.6 Å². The van der Waals surface area contributed by atoms with Gasteiger partial charge in [-0.2, -0.15) is 0 Å². The molecule has 0 radical (unpaired) electrons. The van der Waals surface area contributed by atoms with E-state index in [1.807, 2.05) is 0 Å². The molecule has 0 saturated carbocycles. The van der Waals surface area contributed by atoms with E-state index in [0.717, 1.165) is 91.7 Å². The number of aryl methyl sites for hydroxylation is 2. The van der Waals surface area contributed by atoms with E-state index in [4.69, 9.17) is 10.5 Å².